The Morgan fingerprint density at radius 3 is 2.58 bits per heavy atom. The molecule has 0 saturated carbocycles. The molecule has 0 amide bonds. The molecule has 0 rings (SSSR count). The van der Waals surface area contributed by atoms with E-state index in [1.54, 1.807) is 7.11 Å². The Kier molecular flexibility index (Phi) is 6.61. The number of rotatable bonds is 6. The summed E-state index contributed by atoms with van der Waals surface area (Å²) in [6.45, 7) is 4.50. The van der Waals surface area contributed by atoms with Crippen LogP contribution in [0, 0.1) is 0 Å². The average molecular weight is 193 g/mol. The van der Waals surface area contributed by atoms with Crippen molar-refractivity contribution in [3.8, 4) is 0 Å². The summed E-state index contributed by atoms with van der Waals surface area (Å²) in [7, 11) is 0.802. The highest BCUT2D eigenvalue weighted by atomic mass is 32.2. The first-order valence-corrected chi connectivity index (χ1v) is 5.61. The summed E-state index contributed by atoms with van der Waals surface area (Å²) in [5.41, 5.74) is 5.66. The minimum absolute atomic E-state index is 0.0927. The molecule has 0 fully saturated rings. The van der Waals surface area contributed by atoms with Gasteiger partial charge in [0.15, 0.2) is 0 Å². The molecule has 0 spiro atoms. The van der Waals surface area contributed by atoms with Crippen molar-refractivity contribution in [3.05, 3.63) is 0 Å². The van der Waals surface area contributed by atoms with Crippen LogP contribution in [-0.4, -0.2) is 35.0 Å². The number of nitrogens with two attached hydrogens (primary N) is 1. The minimum atomic E-state index is -0.801. The molecule has 0 aliphatic rings. The maximum Gasteiger partial charge on any atom is 0.0622 e. The zero-order valence-electron chi connectivity index (χ0n) is 8.08. The molecule has 3 atom stereocenters. The van der Waals surface area contributed by atoms with Gasteiger partial charge in [-0.15, -0.1) is 0 Å². The minimum Gasteiger partial charge on any atom is -0.383 e. The van der Waals surface area contributed by atoms with Gasteiger partial charge in [-0.05, 0) is 6.42 Å². The van der Waals surface area contributed by atoms with Gasteiger partial charge in [0.2, 0.25) is 0 Å². The summed E-state index contributed by atoms with van der Waals surface area (Å²) in [6, 6.07) is -0.0927. The first kappa shape index (κ1) is 12.1. The molecule has 0 radical (unpaired) electrons. The van der Waals surface area contributed by atoms with Crippen LogP contribution in [0.2, 0.25) is 0 Å². The van der Waals surface area contributed by atoms with E-state index in [0.29, 0.717) is 12.4 Å². The maximum atomic E-state index is 11.4. The fourth-order valence-corrected chi connectivity index (χ4v) is 2.04. The molecule has 0 aliphatic carbocycles. The molecule has 0 saturated heterocycles. The van der Waals surface area contributed by atoms with Gasteiger partial charge in [-0.25, -0.2) is 0 Å². The monoisotopic (exact) mass is 193 g/mol. The molecule has 0 aromatic rings. The smallest absolute Gasteiger partial charge is 0.0622 e. The van der Waals surface area contributed by atoms with E-state index < -0.39 is 10.8 Å². The summed E-state index contributed by atoms with van der Waals surface area (Å²) in [5.74, 6) is 0.544. The van der Waals surface area contributed by atoms with Crippen LogP contribution in [0.5, 0.6) is 0 Å². The quantitative estimate of drug-likeness (QED) is 0.668. The van der Waals surface area contributed by atoms with Crippen LogP contribution in [0.3, 0.4) is 0 Å². The van der Waals surface area contributed by atoms with Crippen molar-refractivity contribution in [2.75, 3.05) is 19.5 Å². The number of methoxy groups -OCH3 is 1. The molecule has 74 valence electrons. The third kappa shape index (κ3) is 4.85. The summed E-state index contributed by atoms with van der Waals surface area (Å²) >= 11 is 0. The van der Waals surface area contributed by atoms with Gasteiger partial charge in [-0.1, -0.05) is 13.8 Å². The van der Waals surface area contributed by atoms with E-state index in [9.17, 15) is 4.21 Å². The number of hydrogen-bond acceptors (Lipinski definition) is 3. The summed E-state index contributed by atoms with van der Waals surface area (Å²) in [6.07, 6.45) is 0.937. The predicted molar refractivity (Wildman–Crippen MR) is 52.6 cm³/mol. The van der Waals surface area contributed by atoms with Crippen molar-refractivity contribution in [2.45, 2.75) is 31.6 Å². The van der Waals surface area contributed by atoms with Crippen LogP contribution in [0.15, 0.2) is 0 Å². The molecule has 12 heavy (non-hydrogen) atoms. The Labute approximate surface area is 77.1 Å². The van der Waals surface area contributed by atoms with Crippen molar-refractivity contribution >= 4 is 10.8 Å². The van der Waals surface area contributed by atoms with Gasteiger partial charge in [0.05, 0.1) is 6.61 Å². The highest BCUT2D eigenvalue weighted by Crippen LogP contribution is 2.01. The Bertz CT molecular complexity index is 141. The molecule has 0 heterocycles. The Hall–Kier alpha value is 0.0700. The molecule has 2 N–H and O–H groups in total. The molecule has 0 aromatic carbocycles. The van der Waals surface area contributed by atoms with Crippen LogP contribution < -0.4 is 5.73 Å². The Morgan fingerprint density at radius 2 is 2.17 bits per heavy atom. The first-order valence-electron chi connectivity index (χ1n) is 4.23. The lowest BCUT2D eigenvalue weighted by Gasteiger charge is -2.13. The maximum absolute atomic E-state index is 11.4. The largest absolute Gasteiger partial charge is 0.383 e. The van der Waals surface area contributed by atoms with Crippen LogP contribution in [0.1, 0.15) is 20.3 Å². The normalized spacial score (nSPS) is 18.7. The lowest BCUT2D eigenvalue weighted by Crippen LogP contribution is -2.34. The molecule has 3 unspecified atom stereocenters. The molecule has 3 nitrogen and oxygen atoms in total. The SMILES string of the molecule is CCC(C)S(=O)CC(N)COC. The van der Waals surface area contributed by atoms with Crippen molar-refractivity contribution in [2.24, 2.45) is 5.73 Å². The van der Waals surface area contributed by atoms with E-state index >= 15 is 0 Å². The van der Waals surface area contributed by atoms with Gasteiger partial charge in [0.25, 0.3) is 0 Å². The van der Waals surface area contributed by atoms with Crippen molar-refractivity contribution in [3.63, 3.8) is 0 Å². The van der Waals surface area contributed by atoms with Gasteiger partial charge < -0.3 is 10.5 Å². The lowest BCUT2D eigenvalue weighted by molar-refractivity contribution is 0.186. The third-order valence-corrected chi connectivity index (χ3v) is 3.77. The molecule has 0 aliphatic heterocycles. The topological polar surface area (TPSA) is 52.3 Å². The Balaban J connectivity index is 3.67. The molecular formula is C8H19NO2S. The second-order valence-corrected chi connectivity index (χ2v) is 4.88. The van der Waals surface area contributed by atoms with Gasteiger partial charge in [0, 0.05) is 35.0 Å². The predicted octanol–water partition coefficient (Wildman–Crippen LogP) is 0.507. The van der Waals surface area contributed by atoms with Gasteiger partial charge in [-0.2, -0.15) is 0 Å². The van der Waals surface area contributed by atoms with Gasteiger partial charge in [-0.3, -0.25) is 4.21 Å². The van der Waals surface area contributed by atoms with E-state index in [1.807, 2.05) is 13.8 Å². The first-order chi connectivity index (χ1) is 5.61. The van der Waals surface area contributed by atoms with Crippen LogP contribution in [0.4, 0.5) is 0 Å². The van der Waals surface area contributed by atoms with E-state index in [2.05, 4.69) is 0 Å². The van der Waals surface area contributed by atoms with Crippen LogP contribution >= 0.6 is 0 Å². The summed E-state index contributed by atoms with van der Waals surface area (Å²) < 4.78 is 16.3. The molecule has 0 bridgehead atoms. The molecule has 4 heteroatoms. The van der Waals surface area contributed by atoms with E-state index in [4.69, 9.17) is 10.5 Å². The van der Waals surface area contributed by atoms with Gasteiger partial charge >= 0.3 is 0 Å². The van der Waals surface area contributed by atoms with Crippen LogP contribution in [-0.2, 0) is 15.5 Å². The number of hydrogen-bond donors (Lipinski definition) is 1. The summed E-state index contributed by atoms with van der Waals surface area (Å²) in [4.78, 5) is 0. The van der Waals surface area contributed by atoms with Crippen molar-refractivity contribution in [1.82, 2.24) is 0 Å². The molecular weight excluding hydrogens is 174 g/mol. The van der Waals surface area contributed by atoms with E-state index in [0.717, 1.165) is 6.42 Å². The fraction of sp³-hybridized carbons (Fsp3) is 1.00. The highest BCUT2D eigenvalue weighted by molar-refractivity contribution is 7.85. The van der Waals surface area contributed by atoms with Crippen molar-refractivity contribution < 1.29 is 8.95 Å². The van der Waals surface area contributed by atoms with Gasteiger partial charge in [0.1, 0.15) is 0 Å². The summed E-state index contributed by atoms with van der Waals surface area (Å²) in [5, 5.41) is 0.243. The zero-order valence-corrected chi connectivity index (χ0v) is 8.89. The lowest BCUT2D eigenvalue weighted by atomic mass is 10.4. The van der Waals surface area contributed by atoms with E-state index in [1.165, 1.54) is 0 Å². The Morgan fingerprint density at radius 1 is 1.58 bits per heavy atom. The fourth-order valence-electron chi connectivity index (χ4n) is 0.823. The zero-order chi connectivity index (χ0) is 9.56. The average Bonchev–Trinajstić information content (AvgIpc) is 2.03. The van der Waals surface area contributed by atoms with E-state index in [-0.39, 0.29) is 11.3 Å². The van der Waals surface area contributed by atoms with Crippen molar-refractivity contribution in [1.29, 1.82) is 0 Å². The van der Waals surface area contributed by atoms with Crippen LogP contribution in [0.25, 0.3) is 0 Å². The molecule has 0 aromatic heterocycles. The number of ether oxygens (including phenoxy) is 1. The second-order valence-electron chi connectivity index (χ2n) is 2.98. The standard InChI is InChI=1S/C8H19NO2S/c1-4-7(2)12(10)6-8(9)5-11-3/h7-8H,4-6,9H2,1-3H3. The highest BCUT2D eigenvalue weighted by Gasteiger charge is 2.12. The second kappa shape index (κ2) is 6.57. The third-order valence-electron chi connectivity index (χ3n) is 1.78.